The molecule has 4 atom stereocenters. The Kier molecular flexibility index (Phi) is 8.94. The zero-order valence-electron chi connectivity index (χ0n) is 33.5. The lowest BCUT2D eigenvalue weighted by atomic mass is 9.57. The zero-order valence-corrected chi connectivity index (χ0v) is 33.5. The van der Waals surface area contributed by atoms with Crippen LogP contribution in [0.15, 0.2) is 79.0 Å². The number of aryl methyl sites for hydroxylation is 1. The maximum Gasteiger partial charge on any atom is 0.255 e. The molecule has 3 amide bonds. The molecular formula is C48H52N6O5. The van der Waals surface area contributed by atoms with Crippen LogP contribution >= 0.6 is 0 Å². The molecule has 0 bridgehead atoms. The molecule has 2 N–H and O–H groups in total. The average molecular weight is 793 g/mol. The van der Waals surface area contributed by atoms with Crippen LogP contribution in [0, 0.1) is 11.3 Å². The molecule has 7 aliphatic rings. The van der Waals surface area contributed by atoms with E-state index in [1.807, 2.05) is 24.3 Å². The molecule has 59 heavy (non-hydrogen) atoms. The average Bonchev–Trinajstić information content (AvgIpc) is 3.58. The Hall–Kier alpha value is -5.42. The van der Waals surface area contributed by atoms with Gasteiger partial charge in [-0.1, -0.05) is 42.5 Å². The van der Waals surface area contributed by atoms with E-state index >= 15 is 0 Å². The largest absolute Gasteiger partial charge is 0.508 e. The molecule has 6 heterocycles. The van der Waals surface area contributed by atoms with Gasteiger partial charge in [0.05, 0.1) is 18.3 Å². The van der Waals surface area contributed by atoms with Crippen LogP contribution in [-0.2, 0) is 22.6 Å². The van der Waals surface area contributed by atoms with Crippen LogP contribution in [0.5, 0.6) is 11.5 Å². The maximum absolute atomic E-state index is 13.4. The molecule has 11 rings (SSSR count). The van der Waals surface area contributed by atoms with Crippen LogP contribution in [0.3, 0.4) is 0 Å². The second-order valence-corrected chi connectivity index (χ2v) is 18.4. The molecule has 11 nitrogen and oxygen atoms in total. The number of imide groups is 1. The first-order valence-corrected chi connectivity index (χ1v) is 21.8. The van der Waals surface area contributed by atoms with E-state index in [0.29, 0.717) is 42.2 Å². The second kappa shape index (κ2) is 14.4. The smallest absolute Gasteiger partial charge is 0.255 e. The van der Waals surface area contributed by atoms with Crippen molar-refractivity contribution < 1.29 is 24.2 Å². The van der Waals surface area contributed by atoms with Crippen molar-refractivity contribution in [1.82, 2.24) is 20.1 Å². The number of fused-ring (bicyclic) bond motifs is 6. The Balaban J connectivity index is 0.688. The van der Waals surface area contributed by atoms with Crippen molar-refractivity contribution in [3.8, 4) is 11.5 Å². The molecule has 1 saturated carbocycles. The van der Waals surface area contributed by atoms with Crippen molar-refractivity contribution in [2.75, 3.05) is 55.7 Å². The summed E-state index contributed by atoms with van der Waals surface area (Å²) >= 11 is 0. The summed E-state index contributed by atoms with van der Waals surface area (Å²) in [5.74, 6) is 2.67. The number of ether oxygens (including phenoxy) is 1. The first-order chi connectivity index (χ1) is 28.8. The van der Waals surface area contributed by atoms with Crippen LogP contribution in [-0.4, -0.2) is 95.6 Å². The number of nitrogens with zero attached hydrogens (tertiary/aromatic N) is 5. The van der Waals surface area contributed by atoms with Gasteiger partial charge in [0.15, 0.2) is 0 Å². The lowest BCUT2D eigenvalue weighted by molar-refractivity contribution is -0.136. The molecule has 3 aromatic carbocycles. The van der Waals surface area contributed by atoms with Gasteiger partial charge < -0.3 is 24.5 Å². The first-order valence-electron chi connectivity index (χ1n) is 21.8. The van der Waals surface area contributed by atoms with E-state index in [2.05, 4.69) is 74.7 Å². The molecule has 4 aromatic rings. The number of benzene rings is 3. The zero-order chi connectivity index (χ0) is 39.8. The maximum atomic E-state index is 13.4. The van der Waals surface area contributed by atoms with E-state index in [-0.39, 0.29) is 30.2 Å². The molecule has 1 unspecified atom stereocenters. The van der Waals surface area contributed by atoms with Crippen molar-refractivity contribution in [2.45, 2.75) is 81.8 Å². The van der Waals surface area contributed by atoms with E-state index in [4.69, 9.17) is 9.72 Å². The Labute approximate surface area is 345 Å². The molecule has 0 radical (unpaired) electrons. The number of amides is 3. The number of carbonyl (C=O) groups excluding carboxylic acids is 3. The van der Waals surface area contributed by atoms with Crippen LogP contribution in [0.4, 0.5) is 11.5 Å². The van der Waals surface area contributed by atoms with E-state index < -0.39 is 11.9 Å². The number of aromatic nitrogens is 1. The van der Waals surface area contributed by atoms with E-state index in [1.165, 1.54) is 47.9 Å². The van der Waals surface area contributed by atoms with Crippen molar-refractivity contribution in [1.29, 1.82) is 0 Å². The predicted octanol–water partition coefficient (Wildman–Crippen LogP) is 5.99. The van der Waals surface area contributed by atoms with Gasteiger partial charge in [0.2, 0.25) is 11.8 Å². The lowest BCUT2D eigenvalue weighted by Gasteiger charge is -2.54. The minimum atomic E-state index is -0.631. The topological polar surface area (TPSA) is 119 Å². The molecule has 1 spiro atoms. The monoisotopic (exact) mass is 792 g/mol. The number of carbonyl (C=O) groups is 3. The van der Waals surface area contributed by atoms with Gasteiger partial charge in [0, 0.05) is 68.9 Å². The number of piperidine rings is 2. The molecule has 3 saturated heterocycles. The fourth-order valence-electron chi connectivity index (χ4n) is 12.0. The Morgan fingerprint density at radius 2 is 1.71 bits per heavy atom. The third-order valence-electron chi connectivity index (χ3n) is 15.0. The highest BCUT2D eigenvalue weighted by Gasteiger charge is 2.48. The van der Waals surface area contributed by atoms with Crippen LogP contribution in [0.2, 0.25) is 0 Å². The first kappa shape index (κ1) is 36.6. The van der Waals surface area contributed by atoms with E-state index in [1.54, 1.807) is 4.90 Å². The van der Waals surface area contributed by atoms with Crippen LogP contribution < -0.4 is 19.9 Å². The number of phenolic OH excluding ortho intramolecular Hbond substituents is 1. The molecule has 5 aliphatic heterocycles. The van der Waals surface area contributed by atoms with Gasteiger partial charge in [-0.2, -0.15) is 0 Å². The third-order valence-corrected chi connectivity index (χ3v) is 15.0. The molecular weight excluding hydrogens is 741 g/mol. The summed E-state index contributed by atoms with van der Waals surface area (Å²) in [6.07, 6.45) is 9.77. The standard InChI is InChI=1S/C48H52N6O5/c55-35-8-10-37-32(22-35)6-9-36(31-4-2-1-3-5-31)44(37)33-7-14-42(49-25-33)52-18-16-48(17-19-52)23-30(24-48)26-51-20-21-53-34(27-51)29-59-45-39-28-54(41-13-15-43(56)50-46(41)57)47(58)38(39)11-12-40(45)53/h1-5,7-8,10-12,14,22,25,30,34,36,41,44,55H,6,9,13,15-21,23-24,26-29H2,(H,50,56,57)/t34-,36+,41?,44-/m1/s1. The van der Waals surface area contributed by atoms with Crippen LogP contribution in [0.1, 0.15) is 95.0 Å². The highest BCUT2D eigenvalue weighted by atomic mass is 16.5. The molecule has 2 aliphatic carbocycles. The van der Waals surface area contributed by atoms with Gasteiger partial charge in [-0.3, -0.25) is 24.6 Å². The summed E-state index contributed by atoms with van der Waals surface area (Å²) in [7, 11) is 0. The van der Waals surface area contributed by atoms with E-state index in [0.717, 1.165) is 80.8 Å². The summed E-state index contributed by atoms with van der Waals surface area (Å²) in [6.45, 7) is 7.05. The number of phenols is 1. The number of hydrogen-bond donors (Lipinski definition) is 2. The summed E-state index contributed by atoms with van der Waals surface area (Å²) in [5.41, 5.74) is 8.12. The fraction of sp³-hybridized carbons (Fsp3) is 0.458. The molecule has 1 aromatic heterocycles. The number of rotatable bonds is 6. The molecule has 4 fully saturated rings. The number of anilines is 2. The number of nitrogens with one attached hydrogen (secondary N) is 1. The van der Waals surface area contributed by atoms with Gasteiger partial charge in [-0.25, -0.2) is 4.98 Å². The van der Waals surface area contributed by atoms with Crippen molar-refractivity contribution in [3.05, 3.63) is 112 Å². The molecule has 11 heteroatoms. The Morgan fingerprint density at radius 1 is 0.864 bits per heavy atom. The normalized spacial score (nSPS) is 26.4. The Bertz CT molecular complexity index is 2300. The minimum Gasteiger partial charge on any atom is -0.508 e. The highest BCUT2D eigenvalue weighted by Crippen LogP contribution is 2.54. The molecule has 304 valence electrons. The number of hydrogen-bond acceptors (Lipinski definition) is 9. The SMILES string of the molecule is O=C1CCC(N2Cc3c(ccc4c3OC[C@H]3CN(CC5CC6(CCN(c7ccc([C@H]8c9ccc(O)cc9CC[C@H]8c8ccccc8)cn7)CC6)C5)CCN43)C2=O)C(=O)N1. The summed E-state index contributed by atoms with van der Waals surface area (Å²) in [5, 5.41) is 12.6. The number of pyridine rings is 1. The lowest BCUT2D eigenvalue weighted by Crippen LogP contribution is -2.59. The van der Waals surface area contributed by atoms with E-state index in [9.17, 15) is 19.5 Å². The number of piperazine rings is 1. The van der Waals surface area contributed by atoms with Crippen molar-refractivity contribution >= 4 is 29.2 Å². The van der Waals surface area contributed by atoms with Crippen molar-refractivity contribution in [2.24, 2.45) is 11.3 Å². The van der Waals surface area contributed by atoms with Crippen LogP contribution in [0.25, 0.3) is 0 Å². The predicted molar refractivity (Wildman–Crippen MR) is 224 cm³/mol. The van der Waals surface area contributed by atoms with Gasteiger partial charge in [-0.15, -0.1) is 0 Å². The quantitative estimate of drug-likeness (QED) is 0.227. The van der Waals surface area contributed by atoms with Gasteiger partial charge >= 0.3 is 0 Å². The summed E-state index contributed by atoms with van der Waals surface area (Å²) in [4.78, 5) is 52.0. The second-order valence-electron chi connectivity index (χ2n) is 18.4. The van der Waals surface area contributed by atoms with Gasteiger partial charge in [0.25, 0.3) is 5.91 Å². The summed E-state index contributed by atoms with van der Waals surface area (Å²) in [6, 6.07) is 24.9. The fourth-order valence-corrected chi connectivity index (χ4v) is 12.0. The third kappa shape index (κ3) is 6.44. The summed E-state index contributed by atoms with van der Waals surface area (Å²) < 4.78 is 6.45. The minimum absolute atomic E-state index is 0.162. The van der Waals surface area contributed by atoms with Gasteiger partial charge in [-0.05, 0) is 115 Å². The van der Waals surface area contributed by atoms with Gasteiger partial charge in [0.1, 0.15) is 30.0 Å². The van der Waals surface area contributed by atoms with Crippen molar-refractivity contribution in [3.63, 3.8) is 0 Å². The number of aromatic hydroxyl groups is 1. The Morgan fingerprint density at radius 3 is 2.51 bits per heavy atom. The highest BCUT2D eigenvalue weighted by molar-refractivity contribution is 6.06.